The van der Waals surface area contributed by atoms with Gasteiger partial charge in [0.05, 0.1) is 0 Å². The molecular formula is C15H25N3O2S. The van der Waals surface area contributed by atoms with Gasteiger partial charge < -0.3 is 20.3 Å². The van der Waals surface area contributed by atoms with E-state index in [0.29, 0.717) is 12.6 Å². The Morgan fingerprint density at radius 1 is 1.43 bits per heavy atom. The van der Waals surface area contributed by atoms with E-state index in [2.05, 4.69) is 15.2 Å². The molecule has 0 aliphatic carbocycles. The fraction of sp³-hybridized carbons (Fsp3) is 0.667. The van der Waals surface area contributed by atoms with Crippen molar-refractivity contribution >= 4 is 17.7 Å². The number of amides is 1. The van der Waals surface area contributed by atoms with Crippen LogP contribution in [-0.2, 0) is 0 Å². The lowest BCUT2D eigenvalue weighted by Gasteiger charge is -2.25. The normalized spacial score (nSPS) is 16.0. The molecule has 0 unspecified atom stereocenters. The summed E-state index contributed by atoms with van der Waals surface area (Å²) in [5.41, 5.74) is 0.766. The number of hydrogen-bond acceptors (Lipinski definition) is 4. The molecule has 0 aromatic carbocycles. The highest BCUT2D eigenvalue weighted by Gasteiger charge is 2.19. The third kappa shape index (κ3) is 5.05. The molecule has 5 nitrogen and oxygen atoms in total. The van der Waals surface area contributed by atoms with Crippen LogP contribution in [0.5, 0.6) is 0 Å². The lowest BCUT2D eigenvalue weighted by Crippen LogP contribution is -2.33. The first-order valence-electron chi connectivity index (χ1n) is 7.67. The van der Waals surface area contributed by atoms with Crippen LogP contribution in [0.3, 0.4) is 0 Å². The second kappa shape index (κ2) is 9.12. The average Bonchev–Trinajstić information content (AvgIpc) is 3.01. The molecule has 118 valence electrons. The molecular weight excluding hydrogens is 286 g/mol. The lowest BCUT2D eigenvalue weighted by molar-refractivity contribution is 0.0943. The summed E-state index contributed by atoms with van der Waals surface area (Å²) in [4.78, 5) is 12.3. The zero-order chi connectivity index (χ0) is 14.9. The molecule has 6 heteroatoms. The Kier molecular flexibility index (Phi) is 7.12. The number of carbonyl (C=O) groups is 1. The maximum Gasteiger partial charge on any atom is 0.267 e. The molecule has 1 aliphatic rings. The lowest BCUT2D eigenvalue weighted by atomic mass is 10.1. The zero-order valence-corrected chi connectivity index (χ0v) is 13.2. The van der Waals surface area contributed by atoms with Crippen LogP contribution in [0.4, 0.5) is 0 Å². The number of nitrogens with one attached hydrogen (secondary N) is 2. The SMILES string of the molecule is O=C(NCCSCCCO)c1cccn1C1CCNCC1. The molecule has 2 rings (SSSR count). The number of thioether (sulfide) groups is 1. The molecule has 1 aliphatic heterocycles. The molecule has 0 saturated carbocycles. The van der Waals surface area contributed by atoms with E-state index in [1.807, 2.05) is 18.3 Å². The van der Waals surface area contributed by atoms with Crippen molar-refractivity contribution in [3.05, 3.63) is 24.0 Å². The van der Waals surface area contributed by atoms with Crippen LogP contribution in [0.1, 0.15) is 35.8 Å². The highest BCUT2D eigenvalue weighted by atomic mass is 32.2. The Balaban J connectivity index is 1.78. The van der Waals surface area contributed by atoms with Gasteiger partial charge in [-0.15, -0.1) is 0 Å². The molecule has 0 spiro atoms. The first-order valence-corrected chi connectivity index (χ1v) is 8.82. The summed E-state index contributed by atoms with van der Waals surface area (Å²) in [5, 5.41) is 15.0. The van der Waals surface area contributed by atoms with Gasteiger partial charge in [-0.1, -0.05) is 0 Å². The van der Waals surface area contributed by atoms with Crippen molar-refractivity contribution in [3.63, 3.8) is 0 Å². The van der Waals surface area contributed by atoms with Gasteiger partial charge in [-0.05, 0) is 50.2 Å². The first kappa shape index (κ1) is 16.4. The third-order valence-electron chi connectivity index (χ3n) is 3.69. The average molecular weight is 311 g/mol. The van der Waals surface area contributed by atoms with Crippen LogP contribution < -0.4 is 10.6 Å². The largest absolute Gasteiger partial charge is 0.396 e. The van der Waals surface area contributed by atoms with Crippen LogP contribution in [0.25, 0.3) is 0 Å². The molecule has 1 fully saturated rings. The van der Waals surface area contributed by atoms with Gasteiger partial charge in [0.1, 0.15) is 5.69 Å². The first-order chi connectivity index (χ1) is 10.3. The second-order valence-electron chi connectivity index (χ2n) is 5.23. The van der Waals surface area contributed by atoms with Crippen LogP contribution in [0, 0.1) is 0 Å². The maximum atomic E-state index is 12.3. The smallest absolute Gasteiger partial charge is 0.267 e. The van der Waals surface area contributed by atoms with E-state index < -0.39 is 0 Å². The summed E-state index contributed by atoms with van der Waals surface area (Å²) in [6.07, 6.45) is 4.98. The topological polar surface area (TPSA) is 66.3 Å². The molecule has 1 aromatic rings. The molecule has 21 heavy (non-hydrogen) atoms. The molecule has 0 atom stereocenters. The monoisotopic (exact) mass is 311 g/mol. The summed E-state index contributed by atoms with van der Waals surface area (Å²) in [6, 6.07) is 4.28. The predicted octanol–water partition coefficient (Wildman–Crippen LogP) is 1.26. The van der Waals surface area contributed by atoms with E-state index in [1.165, 1.54) is 0 Å². The zero-order valence-electron chi connectivity index (χ0n) is 12.4. The Morgan fingerprint density at radius 3 is 3.00 bits per heavy atom. The summed E-state index contributed by atoms with van der Waals surface area (Å²) < 4.78 is 2.12. The van der Waals surface area contributed by atoms with Crippen LogP contribution >= 0.6 is 11.8 Å². The van der Waals surface area contributed by atoms with Crippen molar-refractivity contribution in [3.8, 4) is 0 Å². The highest BCUT2D eigenvalue weighted by molar-refractivity contribution is 7.99. The standard InChI is InChI=1S/C15H25N3O2S/c19-10-2-11-21-12-8-17-15(20)14-3-1-9-18(14)13-4-6-16-7-5-13/h1,3,9,13,16,19H,2,4-8,10-12H2,(H,17,20). The number of aliphatic hydroxyl groups excluding tert-OH is 1. The third-order valence-corrected chi connectivity index (χ3v) is 4.76. The number of hydrogen-bond donors (Lipinski definition) is 3. The van der Waals surface area contributed by atoms with Gasteiger partial charge in [0, 0.05) is 31.1 Å². The fourth-order valence-electron chi connectivity index (χ4n) is 2.59. The van der Waals surface area contributed by atoms with Gasteiger partial charge in [-0.3, -0.25) is 4.79 Å². The quantitative estimate of drug-likeness (QED) is 0.632. The Bertz CT molecular complexity index is 430. The van der Waals surface area contributed by atoms with Gasteiger partial charge in [0.25, 0.3) is 5.91 Å². The number of piperidine rings is 1. The van der Waals surface area contributed by atoms with E-state index in [0.717, 1.165) is 49.6 Å². The number of carbonyl (C=O) groups excluding carboxylic acids is 1. The van der Waals surface area contributed by atoms with Crippen molar-refractivity contribution in [2.75, 3.05) is 37.7 Å². The van der Waals surface area contributed by atoms with Crippen molar-refractivity contribution in [1.82, 2.24) is 15.2 Å². The van der Waals surface area contributed by atoms with E-state index in [9.17, 15) is 4.79 Å². The highest BCUT2D eigenvalue weighted by Crippen LogP contribution is 2.21. The molecule has 2 heterocycles. The second-order valence-corrected chi connectivity index (χ2v) is 6.45. The summed E-state index contributed by atoms with van der Waals surface area (Å²) in [6.45, 7) is 2.95. The maximum absolute atomic E-state index is 12.3. The van der Waals surface area contributed by atoms with E-state index in [1.54, 1.807) is 11.8 Å². The minimum absolute atomic E-state index is 0.0151. The fourth-order valence-corrected chi connectivity index (χ4v) is 3.37. The van der Waals surface area contributed by atoms with Crippen molar-refractivity contribution in [2.45, 2.75) is 25.3 Å². The molecule has 1 saturated heterocycles. The molecule has 0 bridgehead atoms. The molecule has 1 amide bonds. The molecule has 3 N–H and O–H groups in total. The Labute approximate surface area is 130 Å². The van der Waals surface area contributed by atoms with Gasteiger partial charge in [0.2, 0.25) is 0 Å². The van der Waals surface area contributed by atoms with E-state index >= 15 is 0 Å². The minimum atomic E-state index is 0.0151. The van der Waals surface area contributed by atoms with Crippen molar-refractivity contribution in [1.29, 1.82) is 0 Å². The summed E-state index contributed by atoms with van der Waals surface area (Å²) in [5.74, 6) is 1.85. The summed E-state index contributed by atoms with van der Waals surface area (Å²) >= 11 is 1.76. The number of aromatic nitrogens is 1. The van der Waals surface area contributed by atoms with Crippen LogP contribution in [0.2, 0.25) is 0 Å². The van der Waals surface area contributed by atoms with Crippen LogP contribution in [0.15, 0.2) is 18.3 Å². The van der Waals surface area contributed by atoms with Gasteiger partial charge >= 0.3 is 0 Å². The Hall–Kier alpha value is -0.980. The van der Waals surface area contributed by atoms with E-state index in [-0.39, 0.29) is 12.5 Å². The van der Waals surface area contributed by atoms with Gasteiger partial charge in [0.15, 0.2) is 0 Å². The van der Waals surface area contributed by atoms with Gasteiger partial charge in [-0.25, -0.2) is 0 Å². The number of nitrogens with zero attached hydrogens (tertiary/aromatic N) is 1. The number of rotatable bonds is 8. The molecule has 1 aromatic heterocycles. The minimum Gasteiger partial charge on any atom is -0.396 e. The van der Waals surface area contributed by atoms with E-state index in [4.69, 9.17) is 5.11 Å². The molecule has 0 radical (unpaired) electrons. The van der Waals surface area contributed by atoms with Crippen molar-refractivity contribution in [2.24, 2.45) is 0 Å². The summed E-state index contributed by atoms with van der Waals surface area (Å²) in [7, 11) is 0. The predicted molar refractivity (Wildman–Crippen MR) is 86.9 cm³/mol. The number of aliphatic hydroxyl groups is 1. The Morgan fingerprint density at radius 2 is 2.24 bits per heavy atom. The van der Waals surface area contributed by atoms with Crippen molar-refractivity contribution < 1.29 is 9.90 Å². The van der Waals surface area contributed by atoms with Crippen LogP contribution in [-0.4, -0.2) is 53.3 Å². The van der Waals surface area contributed by atoms with Gasteiger partial charge in [-0.2, -0.15) is 11.8 Å².